The summed E-state index contributed by atoms with van der Waals surface area (Å²) in [5.41, 5.74) is 1.16. The lowest BCUT2D eigenvalue weighted by Crippen LogP contribution is -2.40. The summed E-state index contributed by atoms with van der Waals surface area (Å²) in [6.45, 7) is 9.77. The Morgan fingerprint density at radius 1 is 1.35 bits per heavy atom. The smallest absolute Gasteiger partial charge is 0.223 e. The van der Waals surface area contributed by atoms with E-state index in [0.29, 0.717) is 12.3 Å². The van der Waals surface area contributed by atoms with E-state index in [1.807, 2.05) is 17.0 Å². The van der Waals surface area contributed by atoms with Crippen LogP contribution in [0.15, 0.2) is 54.0 Å². The van der Waals surface area contributed by atoms with Gasteiger partial charge in [-0.3, -0.25) is 4.79 Å². The molecule has 23 heavy (non-hydrogen) atoms. The fourth-order valence-corrected chi connectivity index (χ4v) is 2.94. The Hall–Kier alpha value is -1.39. The number of nitrogens with zero attached hydrogens (tertiary/aromatic N) is 1. The zero-order chi connectivity index (χ0) is 17.2. The lowest BCUT2D eigenvalue weighted by Gasteiger charge is -2.36. The highest BCUT2D eigenvalue weighted by Crippen LogP contribution is 2.29. The number of likely N-dealkylation sites (tertiary alicyclic amines) is 1. The number of carbonyl (C=O) groups is 1. The molecule has 3 nitrogen and oxygen atoms in total. The predicted molar refractivity (Wildman–Crippen MR) is 99.1 cm³/mol. The molecule has 0 radical (unpaired) electrons. The first-order chi connectivity index (χ1) is 11.0. The van der Waals surface area contributed by atoms with Crippen molar-refractivity contribution in [2.75, 3.05) is 13.2 Å². The van der Waals surface area contributed by atoms with E-state index in [2.05, 4.69) is 48.1 Å². The maximum Gasteiger partial charge on any atom is 0.223 e. The maximum atomic E-state index is 12.2. The number of benzene rings is 1. The van der Waals surface area contributed by atoms with E-state index in [0.717, 1.165) is 29.4 Å². The molecule has 1 amide bonds. The van der Waals surface area contributed by atoms with Gasteiger partial charge in [-0.05, 0) is 43.4 Å². The summed E-state index contributed by atoms with van der Waals surface area (Å²) in [6.07, 6.45) is 5.58. The van der Waals surface area contributed by atoms with Gasteiger partial charge < -0.3 is 10.0 Å². The molecule has 1 aromatic carbocycles. The number of aliphatic hydroxyl groups excluding tert-OH is 1. The summed E-state index contributed by atoms with van der Waals surface area (Å²) in [7, 11) is 0. The molecule has 2 unspecified atom stereocenters. The van der Waals surface area contributed by atoms with E-state index in [-0.39, 0.29) is 18.6 Å². The molecule has 0 aromatic heterocycles. The van der Waals surface area contributed by atoms with E-state index in [1.54, 1.807) is 12.2 Å². The molecule has 2 atom stereocenters. The molecule has 1 aliphatic rings. The first kappa shape index (κ1) is 19.7. The fourth-order valence-electron chi connectivity index (χ4n) is 2.67. The largest absolute Gasteiger partial charge is 0.396 e. The van der Waals surface area contributed by atoms with Crippen LogP contribution in [-0.4, -0.2) is 29.1 Å². The van der Waals surface area contributed by atoms with Crippen LogP contribution in [0.1, 0.15) is 37.8 Å². The highest BCUT2D eigenvalue weighted by Gasteiger charge is 2.29. The van der Waals surface area contributed by atoms with Crippen molar-refractivity contribution < 1.29 is 9.90 Å². The number of halogens is 1. The van der Waals surface area contributed by atoms with Crippen LogP contribution in [0.3, 0.4) is 0 Å². The molecule has 0 spiro atoms. The third-order valence-electron chi connectivity index (χ3n) is 4.09. The topological polar surface area (TPSA) is 40.5 Å². The van der Waals surface area contributed by atoms with Crippen LogP contribution in [0.25, 0.3) is 0 Å². The van der Waals surface area contributed by atoms with Gasteiger partial charge in [0.25, 0.3) is 0 Å². The molecule has 0 bridgehead atoms. The van der Waals surface area contributed by atoms with Gasteiger partial charge in [0.1, 0.15) is 0 Å². The number of allylic oxidation sites excluding steroid dienone is 2. The number of hydrogen-bond acceptors (Lipinski definition) is 2. The molecule has 0 aliphatic carbocycles. The average molecular weight is 380 g/mol. The molecule has 1 aromatic rings. The molecule has 1 saturated heterocycles. The van der Waals surface area contributed by atoms with Crippen molar-refractivity contribution in [3.05, 3.63) is 59.6 Å². The Balaban J connectivity index is 0.000000593. The maximum absolute atomic E-state index is 12.2. The second kappa shape index (κ2) is 10.4. The van der Waals surface area contributed by atoms with Crippen molar-refractivity contribution in [2.24, 2.45) is 5.92 Å². The highest BCUT2D eigenvalue weighted by molar-refractivity contribution is 9.10. The van der Waals surface area contributed by atoms with Crippen molar-refractivity contribution in [3.63, 3.8) is 0 Å². The second-order valence-electron chi connectivity index (χ2n) is 5.66. The second-order valence-corrected chi connectivity index (χ2v) is 6.57. The molecule has 1 heterocycles. The third-order valence-corrected chi connectivity index (χ3v) is 4.61. The highest BCUT2D eigenvalue weighted by atomic mass is 79.9. The van der Waals surface area contributed by atoms with Gasteiger partial charge in [-0.25, -0.2) is 0 Å². The summed E-state index contributed by atoms with van der Waals surface area (Å²) in [5.74, 6) is 0.561. The van der Waals surface area contributed by atoms with Crippen molar-refractivity contribution in [2.45, 2.75) is 32.2 Å². The van der Waals surface area contributed by atoms with Crippen LogP contribution < -0.4 is 0 Å². The van der Waals surface area contributed by atoms with Crippen molar-refractivity contribution in [3.8, 4) is 0 Å². The minimum atomic E-state index is 0.121. The summed E-state index contributed by atoms with van der Waals surface area (Å²) >= 11 is 3.42. The predicted octanol–water partition coefficient (Wildman–Crippen LogP) is 4.49. The third kappa shape index (κ3) is 6.32. The first-order valence-corrected chi connectivity index (χ1v) is 8.72. The van der Waals surface area contributed by atoms with Crippen molar-refractivity contribution >= 4 is 21.8 Å². The van der Waals surface area contributed by atoms with E-state index in [4.69, 9.17) is 5.11 Å². The standard InChI is InChI=1S/C15H20BrNO2.C4H6/c1-11(13-2-4-14(16)5-3-13)17-8-6-12(7-9-18)10-15(17)19;1-3-4-2/h2-5,11-12,18H,6-10H2,1H3;3-4H,1-2H2. The molecule has 1 N–H and O–H groups in total. The Bertz CT molecular complexity index is 507. The SMILES string of the molecule is C=CC=C.CC(c1ccc(Br)cc1)N1CCC(CCO)CC1=O. The average Bonchev–Trinajstić information content (AvgIpc) is 2.56. The summed E-state index contributed by atoms with van der Waals surface area (Å²) < 4.78 is 1.05. The molecule has 2 rings (SSSR count). The normalized spacial score (nSPS) is 18.7. The zero-order valence-corrected chi connectivity index (χ0v) is 15.3. The summed E-state index contributed by atoms with van der Waals surface area (Å²) in [6, 6.07) is 8.25. The zero-order valence-electron chi connectivity index (χ0n) is 13.7. The van der Waals surface area contributed by atoms with Gasteiger partial charge in [0.05, 0.1) is 6.04 Å². The number of piperidine rings is 1. The van der Waals surface area contributed by atoms with Gasteiger partial charge in [-0.2, -0.15) is 0 Å². The monoisotopic (exact) mass is 379 g/mol. The van der Waals surface area contributed by atoms with Gasteiger partial charge in [-0.15, -0.1) is 0 Å². The van der Waals surface area contributed by atoms with Crippen molar-refractivity contribution in [1.82, 2.24) is 4.90 Å². The van der Waals surface area contributed by atoms with Gasteiger partial charge in [0, 0.05) is 24.0 Å². The van der Waals surface area contributed by atoms with Crippen LogP contribution in [-0.2, 0) is 4.79 Å². The molecular weight excluding hydrogens is 354 g/mol. The molecule has 1 aliphatic heterocycles. The minimum Gasteiger partial charge on any atom is -0.396 e. The number of rotatable bonds is 5. The molecule has 0 saturated carbocycles. The van der Waals surface area contributed by atoms with Gasteiger partial charge in [-0.1, -0.05) is 53.4 Å². The Morgan fingerprint density at radius 2 is 1.96 bits per heavy atom. The molecule has 4 heteroatoms. The quantitative estimate of drug-likeness (QED) is 0.765. The first-order valence-electron chi connectivity index (χ1n) is 7.92. The number of amides is 1. The van der Waals surface area contributed by atoms with E-state index >= 15 is 0 Å². The minimum absolute atomic E-state index is 0.121. The number of aliphatic hydroxyl groups is 1. The van der Waals surface area contributed by atoms with Gasteiger partial charge in [0.15, 0.2) is 0 Å². The molecule has 126 valence electrons. The van der Waals surface area contributed by atoms with Crippen molar-refractivity contribution in [1.29, 1.82) is 0 Å². The number of hydrogen-bond donors (Lipinski definition) is 1. The van der Waals surface area contributed by atoms with E-state index in [9.17, 15) is 4.79 Å². The summed E-state index contributed by atoms with van der Waals surface area (Å²) in [4.78, 5) is 14.2. The van der Waals surface area contributed by atoms with E-state index < -0.39 is 0 Å². The molecular formula is C19H26BrNO2. The Morgan fingerprint density at radius 3 is 2.43 bits per heavy atom. The van der Waals surface area contributed by atoms with E-state index in [1.165, 1.54) is 0 Å². The fraction of sp³-hybridized carbons (Fsp3) is 0.421. The molecule has 1 fully saturated rings. The van der Waals surface area contributed by atoms with Gasteiger partial charge in [0.2, 0.25) is 5.91 Å². The van der Waals surface area contributed by atoms with Crippen LogP contribution >= 0.6 is 15.9 Å². The Kier molecular flexibility index (Phi) is 8.89. The van der Waals surface area contributed by atoms with Gasteiger partial charge >= 0.3 is 0 Å². The number of carbonyl (C=O) groups excluding carboxylic acids is 1. The van der Waals surface area contributed by atoms with Crippen LogP contribution in [0.4, 0.5) is 0 Å². The lowest BCUT2D eigenvalue weighted by atomic mass is 9.91. The summed E-state index contributed by atoms with van der Waals surface area (Å²) in [5, 5.41) is 8.95. The van der Waals surface area contributed by atoms with Crippen LogP contribution in [0, 0.1) is 5.92 Å². The van der Waals surface area contributed by atoms with Crippen LogP contribution in [0.2, 0.25) is 0 Å². The Labute approximate surface area is 147 Å². The lowest BCUT2D eigenvalue weighted by molar-refractivity contribution is -0.137. The van der Waals surface area contributed by atoms with Crippen LogP contribution in [0.5, 0.6) is 0 Å².